The molecule has 112 valence electrons. The van der Waals surface area contributed by atoms with E-state index >= 15 is 0 Å². The van der Waals surface area contributed by atoms with E-state index in [1.54, 1.807) is 7.11 Å². The number of nitrogens with one attached hydrogen (secondary N) is 1. The van der Waals surface area contributed by atoms with Crippen LogP contribution in [0.1, 0.15) is 32.6 Å². The van der Waals surface area contributed by atoms with Gasteiger partial charge in [-0.3, -0.25) is 0 Å². The van der Waals surface area contributed by atoms with Gasteiger partial charge in [0.25, 0.3) is 0 Å². The Morgan fingerprint density at radius 1 is 1.25 bits per heavy atom. The zero-order valence-corrected chi connectivity index (χ0v) is 12.6. The first-order valence-electron chi connectivity index (χ1n) is 7.44. The quantitative estimate of drug-likeness (QED) is 0.681. The highest BCUT2D eigenvalue weighted by molar-refractivity contribution is 5.59. The van der Waals surface area contributed by atoms with Crippen molar-refractivity contribution in [2.45, 2.75) is 32.6 Å². The third-order valence-corrected chi connectivity index (χ3v) is 3.86. The first kappa shape index (κ1) is 15.0. The molecule has 20 heavy (non-hydrogen) atoms. The lowest BCUT2D eigenvalue weighted by Crippen LogP contribution is -2.17. The molecule has 1 saturated carbocycles. The van der Waals surface area contributed by atoms with Crippen molar-refractivity contribution in [1.82, 2.24) is 0 Å². The summed E-state index contributed by atoms with van der Waals surface area (Å²) < 4.78 is 10.8. The lowest BCUT2D eigenvalue weighted by atomic mass is 10.0. The Kier molecular flexibility index (Phi) is 5.12. The van der Waals surface area contributed by atoms with E-state index in [1.165, 1.54) is 12.8 Å². The van der Waals surface area contributed by atoms with Crippen LogP contribution in [0.5, 0.6) is 5.75 Å². The van der Waals surface area contributed by atoms with Crippen LogP contribution >= 0.6 is 0 Å². The molecule has 0 atom stereocenters. The van der Waals surface area contributed by atoms with Crippen LogP contribution in [0.25, 0.3) is 0 Å². The van der Waals surface area contributed by atoms with E-state index in [9.17, 15) is 0 Å². The van der Waals surface area contributed by atoms with E-state index in [0.29, 0.717) is 5.41 Å². The maximum Gasteiger partial charge on any atom is 0.123 e. The second-order valence-electron chi connectivity index (χ2n) is 5.74. The average molecular weight is 278 g/mol. The predicted molar refractivity (Wildman–Crippen MR) is 83.3 cm³/mol. The van der Waals surface area contributed by atoms with Gasteiger partial charge >= 0.3 is 0 Å². The van der Waals surface area contributed by atoms with Crippen LogP contribution in [0.4, 0.5) is 11.4 Å². The van der Waals surface area contributed by atoms with Gasteiger partial charge in [0, 0.05) is 43.8 Å². The van der Waals surface area contributed by atoms with Crippen LogP contribution in [0.15, 0.2) is 18.2 Å². The molecule has 0 amide bonds. The maximum absolute atomic E-state index is 5.93. The highest BCUT2D eigenvalue weighted by atomic mass is 16.5. The van der Waals surface area contributed by atoms with Gasteiger partial charge in [0.05, 0.1) is 6.61 Å². The molecule has 4 nitrogen and oxygen atoms in total. The third kappa shape index (κ3) is 4.30. The van der Waals surface area contributed by atoms with Crippen LogP contribution in [-0.4, -0.2) is 26.9 Å². The summed E-state index contributed by atoms with van der Waals surface area (Å²) in [5.74, 6) is 0.844. The van der Waals surface area contributed by atoms with Gasteiger partial charge in [0.1, 0.15) is 5.75 Å². The molecule has 1 aromatic carbocycles. The molecule has 0 heterocycles. The summed E-state index contributed by atoms with van der Waals surface area (Å²) in [6.07, 6.45) is 4.69. The van der Waals surface area contributed by atoms with Crippen molar-refractivity contribution < 1.29 is 9.47 Å². The number of methoxy groups -OCH3 is 1. The van der Waals surface area contributed by atoms with Crippen molar-refractivity contribution in [2.75, 3.05) is 37.9 Å². The van der Waals surface area contributed by atoms with Gasteiger partial charge in [-0.15, -0.1) is 0 Å². The number of anilines is 2. The van der Waals surface area contributed by atoms with Crippen molar-refractivity contribution in [3.63, 3.8) is 0 Å². The average Bonchev–Trinajstić information content (AvgIpc) is 3.21. The summed E-state index contributed by atoms with van der Waals surface area (Å²) in [4.78, 5) is 0. The Bertz CT molecular complexity index is 430. The van der Waals surface area contributed by atoms with Crippen molar-refractivity contribution in [1.29, 1.82) is 0 Å². The first-order chi connectivity index (χ1) is 9.67. The SMILES string of the molecule is CCCOc1cc(N)cc(NCC2(CCOC)CC2)c1. The molecule has 0 aliphatic heterocycles. The molecule has 0 aromatic heterocycles. The summed E-state index contributed by atoms with van der Waals surface area (Å²) in [5, 5.41) is 3.50. The van der Waals surface area contributed by atoms with Crippen molar-refractivity contribution in [2.24, 2.45) is 5.41 Å². The topological polar surface area (TPSA) is 56.5 Å². The highest BCUT2D eigenvalue weighted by Crippen LogP contribution is 2.48. The fourth-order valence-corrected chi connectivity index (χ4v) is 2.33. The van der Waals surface area contributed by atoms with E-state index in [1.807, 2.05) is 18.2 Å². The molecule has 4 heteroatoms. The lowest BCUT2D eigenvalue weighted by molar-refractivity contribution is 0.175. The monoisotopic (exact) mass is 278 g/mol. The summed E-state index contributed by atoms with van der Waals surface area (Å²) in [5.41, 5.74) is 8.13. The van der Waals surface area contributed by atoms with Crippen LogP contribution in [0, 0.1) is 5.41 Å². The van der Waals surface area contributed by atoms with Gasteiger partial charge in [0.15, 0.2) is 0 Å². The maximum atomic E-state index is 5.93. The zero-order chi connectivity index (χ0) is 14.4. The van der Waals surface area contributed by atoms with Crippen LogP contribution in [-0.2, 0) is 4.74 Å². The number of rotatable bonds is 9. The number of benzene rings is 1. The molecule has 2 rings (SSSR count). The van der Waals surface area contributed by atoms with E-state index in [4.69, 9.17) is 15.2 Å². The molecular weight excluding hydrogens is 252 g/mol. The molecule has 0 unspecified atom stereocenters. The first-order valence-corrected chi connectivity index (χ1v) is 7.44. The molecule has 1 fully saturated rings. The molecular formula is C16H26N2O2. The van der Waals surface area contributed by atoms with Gasteiger partial charge < -0.3 is 20.5 Å². The summed E-state index contributed by atoms with van der Waals surface area (Å²) in [6.45, 7) is 4.63. The Morgan fingerprint density at radius 2 is 2.05 bits per heavy atom. The van der Waals surface area contributed by atoms with E-state index in [0.717, 1.165) is 49.7 Å². The number of ether oxygens (including phenoxy) is 2. The molecule has 1 aliphatic rings. The molecule has 3 N–H and O–H groups in total. The van der Waals surface area contributed by atoms with Gasteiger partial charge in [0.2, 0.25) is 0 Å². The van der Waals surface area contributed by atoms with Crippen LogP contribution in [0.3, 0.4) is 0 Å². The standard InChI is InChI=1S/C16H26N2O2/c1-3-7-20-15-10-13(17)9-14(11-15)18-12-16(4-5-16)6-8-19-2/h9-11,18H,3-8,12,17H2,1-2H3. The van der Waals surface area contributed by atoms with E-state index < -0.39 is 0 Å². The molecule has 0 bridgehead atoms. The molecule has 1 aromatic rings. The molecule has 0 spiro atoms. The predicted octanol–water partition coefficient (Wildman–Crippen LogP) is 3.29. The number of hydrogen-bond donors (Lipinski definition) is 2. The van der Waals surface area contributed by atoms with Crippen molar-refractivity contribution in [3.8, 4) is 5.75 Å². The zero-order valence-electron chi connectivity index (χ0n) is 12.6. The molecule has 1 aliphatic carbocycles. The second kappa shape index (κ2) is 6.84. The normalized spacial score (nSPS) is 15.9. The summed E-state index contributed by atoms with van der Waals surface area (Å²) in [7, 11) is 1.76. The van der Waals surface area contributed by atoms with Gasteiger partial charge in [-0.2, -0.15) is 0 Å². The minimum Gasteiger partial charge on any atom is -0.493 e. The van der Waals surface area contributed by atoms with Gasteiger partial charge in [-0.25, -0.2) is 0 Å². The summed E-state index contributed by atoms with van der Waals surface area (Å²) in [6, 6.07) is 5.86. The van der Waals surface area contributed by atoms with Gasteiger partial charge in [-0.1, -0.05) is 6.92 Å². The minimum atomic E-state index is 0.422. The fraction of sp³-hybridized carbons (Fsp3) is 0.625. The Morgan fingerprint density at radius 3 is 2.70 bits per heavy atom. The number of nitrogens with two attached hydrogens (primary N) is 1. The Balaban J connectivity index is 1.90. The van der Waals surface area contributed by atoms with Crippen LogP contribution < -0.4 is 15.8 Å². The second-order valence-corrected chi connectivity index (χ2v) is 5.74. The minimum absolute atomic E-state index is 0.422. The largest absolute Gasteiger partial charge is 0.493 e. The Labute approximate surface area is 121 Å². The van der Waals surface area contributed by atoms with Crippen LogP contribution in [0.2, 0.25) is 0 Å². The van der Waals surface area contributed by atoms with Crippen molar-refractivity contribution >= 4 is 11.4 Å². The van der Waals surface area contributed by atoms with E-state index in [2.05, 4.69) is 12.2 Å². The number of nitrogen functional groups attached to an aromatic ring is 1. The van der Waals surface area contributed by atoms with E-state index in [-0.39, 0.29) is 0 Å². The molecule has 0 saturated heterocycles. The fourth-order valence-electron chi connectivity index (χ4n) is 2.33. The highest BCUT2D eigenvalue weighted by Gasteiger charge is 2.41. The lowest BCUT2D eigenvalue weighted by Gasteiger charge is -2.17. The Hall–Kier alpha value is -1.42. The third-order valence-electron chi connectivity index (χ3n) is 3.86. The van der Waals surface area contributed by atoms with Crippen molar-refractivity contribution in [3.05, 3.63) is 18.2 Å². The van der Waals surface area contributed by atoms with Gasteiger partial charge in [-0.05, 0) is 37.2 Å². The molecule has 0 radical (unpaired) electrons. The number of hydrogen-bond acceptors (Lipinski definition) is 4. The smallest absolute Gasteiger partial charge is 0.123 e. The summed E-state index contributed by atoms with van der Waals surface area (Å²) >= 11 is 0.